The quantitative estimate of drug-likeness (QED) is 0.335. The number of hydrogen-bond donors (Lipinski definition) is 3. The van der Waals surface area contributed by atoms with E-state index in [1.54, 1.807) is 17.7 Å². The lowest BCUT2D eigenvalue weighted by Crippen LogP contribution is -2.31. The SMILES string of the molecule is C=CCOCC(O)Cn1c(NCCN(CC)CC)nc2c1c(=O)[nH]c(=O)n2C. The molecule has 10 heteroatoms. The van der Waals surface area contributed by atoms with Gasteiger partial charge in [0.25, 0.3) is 5.56 Å². The Bertz CT molecular complexity index is 896. The molecule has 0 bridgehead atoms. The van der Waals surface area contributed by atoms with Gasteiger partial charge < -0.3 is 24.6 Å². The maximum absolute atomic E-state index is 12.4. The first-order chi connectivity index (χ1) is 13.4. The highest BCUT2D eigenvalue weighted by molar-refractivity contribution is 5.74. The van der Waals surface area contributed by atoms with Crippen LogP contribution in [0.15, 0.2) is 22.2 Å². The van der Waals surface area contributed by atoms with E-state index in [2.05, 4.69) is 40.6 Å². The van der Waals surface area contributed by atoms with Crippen LogP contribution >= 0.6 is 0 Å². The molecule has 1 atom stereocenters. The number of nitrogens with zero attached hydrogens (tertiary/aromatic N) is 4. The van der Waals surface area contributed by atoms with Crippen LogP contribution in [0.3, 0.4) is 0 Å². The van der Waals surface area contributed by atoms with E-state index in [-0.39, 0.29) is 24.3 Å². The highest BCUT2D eigenvalue weighted by atomic mass is 16.5. The monoisotopic (exact) mass is 394 g/mol. The molecule has 2 aromatic rings. The number of aromatic nitrogens is 4. The van der Waals surface area contributed by atoms with Crippen LogP contribution in [0.5, 0.6) is 0 Å². The zero-order valence-electron chi connectivity index (χ0n) is 16.8. The van der Waals surface area contributed by atoms with Crippen molar-refractivity contribution in [3.05, 3.63) is 33.5 Å². The Balaban J connectivity index is 2.33. The summed E-state index contributed by atoms with van der Waals surface area (Å²) < 4.78 is 8.17. The second kappa shape index (κ2) is 10.2. The molecule has 0 aromatic carbocycles. The number of ether oxygens (including phenoxy) is 1. The number of fused-ring (bicyclic) bond motifs is 1. The van der Waals surface area contributed by atoms with Gasteiger partial charge in [0.05, 0.1) is 25.9 Å². The topological polar surface area (TPSA) is 117 Å². The number of anilines is 1. The molecule has 0 aliphatic rings. The van der Waals surface area contributed by atoms with Crippen molar-refractivity contribution < 1.29 is 9.84 Å². The molecule has 2 heterocycles. The first-order valence-corrected chi connectivity index (χ1v) is 9.45. The molecule has 0 aliphatic heterocycles. The fourth-order valence-corrected chi connectivity index (χ4v) is 2.96. The first kappa shape index (κ1) is 21.9. The summed E-state index contributed by atoms with van der Waals surface area (Å²) in [6.45, 7) is 11.5. The van der Waals surface area contributed by atoms with Crippen LogP contribution < -0.4 is 16.6 Å². The second-order valence-corrected chi connectivity index (χ2v) is 6.47. The van der Waals surface area contributed by atoms with E-state index >= 15 is 0 Å². The van der Waals surface area contributed by atoms with Crippen molar-refractivity contribution in [3.63, 3.8) is 0 Å². The Morgan fingerprint density at radius 3 is 2.75 bits per heavy atom. The highest BCUT2D eigenvalue weighted by Crippen LogP contribution is 2.16. The largest absolute Gasteiger partial charge is 0.389 e. The number of aryl methyl sites for hydroxylation is 1. The maximum atomic E-state index is 12.4. The standard InChI is InChI=1S/C18H30N6O4/c1-5-10-28-12-13(25)11-24-14-15(22(4)18(27)21-16(14)26)20-17(24)19-8-9-23(6-2)7-3/h5,13,25H,1,6-12H2,2-4H3,(H,19,20)(H,21,26,27). The number of H-pyrrole nitrogens is 1. The number of aliphatic hydroxyl groups excluding tert-OH is 1. The third kappa shape index (κ3) is 5.09. The molecule has 0 fully saturated rings. The summed E-state index contributed by atoms with van der Waals surface area (Å²) in [4.78, 5) is 33.3. The van der Waals surface area contributed by atoms with Crippen molar-refractivity contribution in [2.45, 2.75) is 26.5 Å². The maximum Gasteiger partial charge on any atom is 0.329 e. The number of imidazole rings is 1. The number of rotatable bonds is 12. The zero-order chi connectivity index (χ0) is 20.7. The molecule has 0 radical (unpaired) electrons. The van der Waals surface area contributed by atoms with Crippen LogP contribution in [0.1, 0.15) is 13.8 Å². The van der Waals surface area contributed by atoms with E-state index in [0.717, 1.165) is 19.6 Å². The number of nitrogens with one attached hydrogen (secondary N) is 2. The summed E-state index contributed by atoms with van der Waals surface area (Å²) in [5.74, 6) is 0.427. The van der Waals surface area contributed by atoms with Gasteiger partial charge in [-0.25, -0.2) is 4.79 Å². The number of aliphatic hydroxyl groups is 1. The minimum atomic E-state index is -0.850. The molecule has 10 nitrogen and oxygen atoms in total. The molecular weight excluding hydrogens is 364 g/mol. The van der Waals surface area contributed by atoms with Gasteiger partial charge in [0, 0.05) is 20.1 Å². The molecule has 0 saturated heterocycles. The predicted molar refractivity (Wildman–Crippen MR) is 109 cm³/mol. The molecule has 2 rings (SSSR count). The van der Waals surface area contributed by atoms with Crippen molar-refractivity contribution in [2.75, 3.05) is 44.7 Å². The number of likely N-dealkylation sites (N-methyl/N-ethyl adjacent to an activating group) is 1. The van der Waals surface area contributed by atoms with Gasteiger partial charge in [-0.05, 0) is 13.1 Å². The summed E-state index contributed by atoms with van der Waals surface area (Å²) in [6.07, 6.45) is 0.748. The van der Waals surface area contributed by atoms with Crippen molar-refractivity contribution >= 4 is 17.1 Å². The van der Waals surface area contributed by atoms with Crippen LogP contribution in [0.25, 0.3) is 11.2 Å². The fourth-order valence-electron chi connectivity index (χ4n) is 2.96. The van der Waals surface area contributed by atoms with Crippen LogP contribution in [0.4, 0.5) is 5.95 Å². The number of aromatic amines is 1. The van der Waals surface area contributed by atoms with Gasteiger partial charge in [-0.2, -0.15) is 4.98 Å². The molecule has 0 aliphatic carbocycles. The molecule has 0 saturated carbocycles. The van der Waals surface area contributed by atoms with Gasteiger partial charge in [0.1, 0.15) is 0 Å². The lowest BCUT2D eigenvalue weighted by Gasteiger charge is -2.19. The Morgan fingerprint density at radius 2 is 2.11 bits per heavy atom. The van der Waals surface area contributed by atoms with E-state index in [1.807, 2.05) is 0 Å². The third-order valence-corrected chi connectivity index (χ3v) is 4.55. The molecule has 0 amide bonds. The van der Waals surface area contributed by atoms with Gasteiger partial charge in [-0.1, -0.05) is 19.9 Å². The van der Waals surface area contributed by atoms with Crippen LogP contribution in [-0.4, -0.2) is 74.6 Å². The second-order valence-electron chi connectivity index (χ2n) is 6.47. The zero-order valence-corrected chi connectivity index (χ0v) is 16.8. The minimum Gasteiger partial charge on any atom is -0.389 e. The van der Waals surface area contributed by atoms with Gasteiger partial charge in [0.15, 0.2) is 11.2 Å². The summed E-state index contributed by atoms with van der Waals surface area (Å²) in [6, 6.07) is 0. The van der Waals surface area contributed by atoms with E-state index < -0.39 is 17.4 Å². The smallest absolute Gasteiger partial charge is 0.329 e. The lowest BCUT2D eigenvalue weighted by atomic mass is 10.3. The Labute approximate surface area is 163 Å². The van der Waals surface area contributed by atoms with Crippen LogP contribution in [-0.2, 0) is 18.3 Å². The molecule has 28 heavy (non-hydrogen) atoms. The van der Waals surface area contributed by atoms with E-state index in [1.165, 1.54) is 4.57 Å². The summed E-state index contributed by atoms with van der Waals surface area (Å²) in [5, 5.41) is 13.5. The number of hydrogen-bond acceptors (Lipinski definition) is 7. The molecule has 1 unspecified atom stereocenters. The minimum absolute atomic E-state index is 0.0915. The summed E-state index contributed by atoms with van der Waals surface area (Å²) in [5.41, 5.74) is -0.582. The molecule has 0 spiro atoms. The Morgan fingerprint density at radius 1 is 1.39 bits per heavy atom. The fraction of sp³-hybridized carbons (Fsp3) is 0.611. The van der Waals surface area contributed by atoms with E-state index in [9.17, 15) is 14.7 Å². The van der Waals surface area contributed by atoms with Crippen LogP contribution in [0.2, 0.25) is 0 Å². The average Bonchev–Trinajstić information content (AvgIpc) is 3.02. The van der Waals surface area contributed by atoms with Crippen molar-refractivity contribution in [3.8, 4) is 0 Å². The summed E-state index contributed by atoms with van der Waals surface area (Å²) >= 11 is 0. The third-order valence-electron chi connectivity index (χ3n) is 4.55. The highest BCUT2D eigenvalue weighted by Gasteiger charge is 2.19. The Hall–Kier alpha value is -2.43. The lowest BCUT2D eigenvalue weighted by molar-refractivity contribution is 0.0405. The molecule has 3 N–H and O–H groups in total. The van der Waals surface area contributed by atoms with E-state index in [4.69, 9.17) is 4.74 Å². The van der Waals surface area contributed by atoms with Gasteiger partial charge >= 0.3 is 5.69 Å². The molecular formula is C18H30N6O4. The summed E-state index contributed by atoms with van der Waals surface area (Å²) in [7, 11) is 1.54. The average molecular weight is 394 g/mol. The van der Waals surface area contributed by atoms with Crippen LogP contribution in [0, 0.1) is 0 Å². The van der Waals surface area contributed by atoms with Gasteiger partial charge in [0.2, 0.25) is 5.95 Å². The van der Waals surface area contributed by atoms with Crippen molar-refractivity contribution in [1.82, 2.24) is 24.0 Å². The predicted octanol–water partition coefficient (Wildman–Crippen LogP) is -0.259. The van der Waals surface area contributed by atoms with Crippen molar-refractivity contribution in [2.24, 2.45) is 7.05 Å². The molecule has 156 valence electrons. The van der Waals surface area contributed by atoms with E-state index in [0.29, 0.717) is 19.1 Å². The van der Waals surface area contributed by atoms with Crippen molar-refractivity contribution in [1.29, 1.82) is 0 Å². The first-order valence-electron chi connectivity index (χ1n) is 9.45. The Kier molecular flexibility index (Phi) is 7.97. The molecule has 2 aromatic heterocycles. The van der Waals surface area contributed by atoms with Gasteiger partial charge in [-0.3, -0.25) is 14.3 Å². The normalized spacial score (nSPS) is 12.6. The van der Waals surface area contributed by atoms with Gasteiger partial charge in [-0.15, -0.1) is 6.58 Å².